The van der Waals surface area contributed by atoms with E-state index in [1.165, 1.54) is 0 Å². The second kappa shape index (κ2) is 3.70. The summed E-state index contributed by atoms with van der Waals surface area (Å²) in [6, 6.07) is 0. The molecular formula is C20H32O2. The molecule has 4 bridgehead atoms. The van der Waals surface area contributed by atoms with E-state index in [1.807, 2.05) is 41.5 Å². The van der Waals surface area contributed by atoms with E-state index in [4.69, 9.17) is 0 Å². The zero-order chi connectivity index (χ0) is 17.0. The summed E-state index contributed by atoms with van der Waals surface area (Å²) in [5, 5.41) is 0. The maximum atomic E-state index is 13.5. The number of hydrogen-bond donors (Lipinski definition) is 0. The maximum absolute atomic E-state index is 13.5. The molecule has 4 fully saturated rings. The highest BCUT2D eigenvalue weighted by Crippen LogP contribution is 2.87. The Labute approximate surface area is 135 Å². The molecule has 0 saturated heterocycles. The van der Waals surface area contributed by atoms with Crippen LogP contribution in [0.1, 0.15) is 81.1 Å². The molecule has 22 heavy (non-hydrogen) atoms. The molecule has 0 heterocycles. The van der Waals surface area contributed by atoms with Crippen LogP contribution >= 0.6 is 0 Å². The van der Waals surface area contributed by atoms with Gasteiger partial charge in [0.2, 0.25) is 0 Å². The van der Waals surface area contributed by atoms with Crippen LogP contribution in [-0.4, -0.2) is 11.6 Å². The van der Waals surface area contributed by atoms with Crippen molar-refractivity contribution in [3.05, 3.63) is 0 Å². The zero-order valence-corrected chi connectivity index (χ0v) is 15.6. The molecular weight excluding hydrogens is 272 g/mol. The zero-order valence-electron chi connectivity index (χ0n) is 15.6. The molecule has 4 rings (SSSR count). The minimum atomic E-state index is -0.404. The second-order valence-corrected chi connectivity index (χ2v) is 11.2. The largest absolute Gasteiger partial charge is 0.298 e. The molecule has 0 aliphatic heterocycles. The lowest BCUT2D eigenvalue weighted by Crippen LogP contribution is -2.52. The van der Waals surface area contributed by atoms with Crippen LogP contribution in [0.25, 0.3) is 0 Å². The molecule has 4 saturated carbocycles. The van der Waals surface area contributed by atoms with Crippen molar-refractivity contribution in [3.8, 4) is 0 Å². The topological polar surface area (TPSA) is 34.1 Å². The Morgan fingerprint density at radius 3 is 1.05 bits per heavy atom. The van der Waals surface area contributed by atoms with Crippen LogP contribution in [0.15, 0.2) is 0 Å². The Morgan fingerprint density at radius 1 is 0.636 bits per heavy atom. The van der Waals surface area contributed by atoms with Crippen LogP contribution in [0.5, 0.6) is 0 Å². The standard InChI is InChI=1S/C20H32O2/c1-15(2,3)13(21)19-9-17(7)11-20(19,12-18(17,8)10-19)14(22)16(4,5)6/h9-12H2,1-8H3. The van der Waals surface area contributed by atoms with Gasteiger partial charge in [-0.1, -0.05) is 55.4 Å². The third-order valence-corrected chi connectivity index (χ3v) is 7.37. The summed E-state index contributed by atoms with van der Waals surface area (Å²) in [5.41, 5.74) is -1.23. The maximum Gasteiger partial charge on any atom is 0.145 e. The van der Waals surface area contributed by atoms with Crippen molar-refractivity contribution < 1.29 is 9.59 Å². The van der Waals surface area contributed by atoms with Crippen LogP contribution in [-0.2, 0) is 9.59 Å². The van der Waals surface area contributed by atoms with E-state index in [2.05, 4.69) is 13.8 Å². The molecule has 2 nitrogen and oxygen atoms in total. The Kier molecular flexibility index (Phi) is 2.73. The first-order valence-electron chi connectivity index (χ1n) is 8.74. The highest BCUT2D eigenvalue weighted by molar-refractivity contribution is 6.02. The van der Waals surface area contributed by atoms with Crippen molar-refractivity contribution >= 4 is 11.6 Å². The molecule has 2 heteroatoms. The third kappa shape index (κ3) is 1.52. The van der Waals surface area contributed by atoms with Crippen molar-refractivity contribution in [2.24, 2.45) is 32.5 Å². The molecule has 4 aliphatic rings. The molecule has 0 N–H and O–H groups in total. The second-order valence-electron chi connectivity index (χ2n) is 11.2. The fraction of sp³-hybridized carbons (Fsp3) is 0.900. The fourth-order valence-electron chi connectivity index (χ4n) is 6.64. The van der Waals surface area contributed by atoms with E-state index in [-0.39, 0.29) is 21.7 Å². The first-order valence-corrected chi connectivity index (χ1v) is 8.74. The lowest BCUT2D eigenvalue weighted by molar-refractivity contribution is -0.153. The normalized spacial score (nSPS) is 46.5. The molecule has 0 spiro atoms. The average Bonchev–Trinajstić information content (AvgIpc) is 2.85. The van der Waals surface area contributed by atoms with Crippen molar-refractivity contribution in [1.82, 2.24) is 0 Å². The molecule has 0 radical (unpaired) electrons. The molecule has 0 aromatic carbocycles. The van der Waals surface area contributed by atoms with E-state index in [0.717, 1.165) is 25.7 Å². The summed E-state index contributed by atoms with van der Waals surface area (Å²) in [4.78, 5) is 26.9. The van der Waals surface area contributed by atoms with Gasteiger partial charge in [-0.15, -0.1) is 0 Å². The summed E-state index contributed by atoms with van der Waals surface area (Å²) in [5.74, 6) is 0.671. The predicted molar refractivity (Wildman–Crippen MR) is 88.5 cm³/mol. The summed E-state index contributed by atoms with van der Waals surface area (Å²) < 4.78 is 0. The van der Waals surface area contributed by atoms with Crippen LogP contribution in [0.3, 0.4) is 0 Å². The molecule has 0 unspecified atom stereocenters. The first kappa shape index (κ1) is 16.2. The van der Waals surface area contributed by atoms with Gasteiger partial charge in [0.15, 0.2) is 0 Å². The number of carbonyl (C=O) groups is 2. The van der Waals surface area contributed by atoms with Gasteiger partial charge < -0.3 is 0 Å². The minimum Gasteiger partial charge on any atom is -0.298 e. The third-order valence-electron chi connectivity index (χ3n) is 7.37. The lowest BCUT2D eigenvalue weighted by Gasteiger charge is -2.44. The van der Waals surface area contributed by atoms with Crippen LogP contribution in [0, 0.1) is 32.5 Å². The molecule has 0 atom stereocenters. The summed E-state index contributed by atoms with van der Waals surface area (Å²) in [6.45, 7) is 16.8. The average molecular weight is 304 g/mol. The molecule has 4 aliphatic carbocycles. The van der Waals surface area contributed by atoms with Crippen LogP contribution in [0.4, 0.5) is 0 Å². The van der Waals surface area contributed by atoms with Gasteiger partial charge in [-0.3, -0.25) is 9.59 Å². The Bertz CT molecular complexity index is 503. The quantitative estimate of drug-likeness (QED) is 0.734. The molecule has 0 amide bonds. The van der Waals surface area contributed by atoms with Crippen LogP contribution in [0.2, 0.25) is 0 Å². The van der Waals surface area contributed by atoms with Gasteiger partial charge in [0, 0.05) is 21.7 Å². The molecule has 0 aromatic heterocycles. The van der Waals surface area contributed by atoms with Crippen molar-refractivity contribution in [2.75, 3.05) is 0 Å². The van der Waals surface area contributed by atoms with Gasteiger partial charge in [-0.25, -0.2) is 0 Å². The van der Waals surface area contributed by atoms with Crippen molar-refractivity contribution in [1.29, 1.82) is 0 Å². The van der Waals surface area contributed by atoms with E-state index in [9.17, 15) is 9.59 Å². The van der Waals surface area contributed by atoms with Gasteiger partial charge in [-0.05, 0) is 36.5 Å². The Hall–Kier alpha value is -0.660. The summed E-state index contributed by atoms with van der Waals surface area (Å²) >= 11 is 0. The number of carbonyl (C=O) groups excluding carboxylic acids is 2. The van der Waals surface area contributed by atoms with Gasteiger partial charge in [-0.2, -0.15) is 0 Å². The molecule has 124 valence electrons. The highest BCUT2D eigenvalue weighted by Gasteiger charge is 2.85. The first-order chi connectivity index (χ1) is 9.64. The van der Waals surface area contributed by atoms with E-state index in [0.29, 0.717) is 11.6 Å². The Morgan fingerprint density at radius 2 is 0.864 bits per heavy atom. The lowest BCUT2D eigenvalue weighted by atomic mass is 9.56. The van der Waals surface area contributed by atoms with Crippen molar-refractivity contribution in [2.45, 2.75) is 81.1 Å². The van der Waals surface area contributed by atoms with E-state index >= 15 is 0 Å². The smallest absolute Gasteiger partial charge is 0.145 e. The number of Topliss-reactive ketones (excluding diaryl/α,β-unsaturated/α-hetero) is 2. The summed E-state index contributed by atoms with van der Waals surface area (Å²) in [6.07, 6.45) is 3.70. The fourth-order valence-corrected chi connectivity index (χ4v) is 6.64. The SMILES string of the molecule is CC(C)(C)C(=O)C12CC3(C)CC1(C(=O)C(C)(C)C)CC3(C)C2. The monoisotopic (exact) mass is 304 g/mol. The number of hydrogen-bond acceptors (Lipinski definition) is 2. The van der Waals surface area contributed by atoms with E-state index < -0.39 is 10.8 Å². The summed E-state index contributed by atoms with van der Waals surface area (Å²) in [7, 11) is 0. The number of ketones is 2. The van der Waals surface area contributed by atoms with Crippen LogP contribution < -0.4 is 0 Å². The van der Waals surface area contributed by atoms with Gasteiger partial charge >= 0.3 is 0 Å². The van der Waals surface area contributed by atoms with Crippen molar-refractivity contribution in [3.63, 3.8) is 0 Å². The highest BCUT2D eigenvalue weighted by atomic mass is 16.1. The minimum absolute atomic E-state index is 0.162. The number of rotatable bonds is 2. The van der Waals surface area contributed by atoms with Gasteiger partial charge in [0.25, 0.3) is 0 Å². The molecule has 0 aromatic rings. The Balaban J connectivity index is 2.19. The predicted octanol–water partition coefficient (Wildman–Crippen LogP) is 4.80. The van der Waals surface area contributed by atoms with E-state index in [1.54, 1.807) is 0 Å². The van der Waals surface area contributed by atoms with Gasteiger partial charge in [0.1, 0.15) is 11.6 Å². The van der Waals surface area contributed by atoms with Gasteiger partial charge in [0.05, 0.1) is 0 Å².